The molecule has 4 heteroatoms. The first-order valence-corrected chi connectivity index (χ1v) is 7.89. The van der Waals surface area contributed by atoms with E-state index in [1.54, 1.807) is 4.90 Å². The van der Waals surface area contributed by atoms with Crippen molar-refractivity contribution in [3.63, 3.8) is 0 Å². The first kappa shape index (κ1) is 15.3. The Bertz CT molecular complexity index is 611. The van der Waals surface area contributed by atoms with E-state index in [4.69, 9.17) is 0 Å². The number of amides is 2. The van der Waals surface area contributed by atoms with E-state index in [9.17, 15) is 9.59 Å². The molecule has 0 unspecified atom stereocenters. The number of nitrogens with zero attached hydrogens (tertiary/aromatic N) is 1. The second kappa shape index (κ2) is 7.09. The zero-order valence-corrected chi connectivity index (χ0v) is 12.9. The molecule has 0 aliphatic carbocycles. The van der Waals surface area contributed by atoms with Gasteiger partial charge in [-0.15, -0.1) is 0 Å². The predicted octanol–water partition coefficient (Wildman–Crippen LogP) is 2.15. The van der Waals surface area contributed by atoms with Crippen molar-refractivity contribution >= 4 is 11.8 Å². The fourth-order valence-electron chi connectivity index (χ4n) is 2.89. The number of carbonyl (C=O) groups is 2. The van der Waals surface area contributed by atoms with Crippen LogP contribution in [0.25, 0.3) is 0 Å². The van der Waals surface area contributed by atoms with Crippen LogP contribution in [-0.2, 0) is 22.6 Å². The van der Waals surface area contributed by atoms with E-state index >= 15 is 0 Å². The Balaban J connectivity index is 1.86. The van der Waals surface area contributed by atoms with Gasteiger partial charge in [0.25, 0.3) is 0 Å². The molecule has 2 amide bonds. The highest BCUT2D eigenvalue weighted by Gasteiger charge is 2.32. The van der Waals surface area contributed by atoms with Crippen LogP contribution in [0.15, 0.2) is 60.7 Å². The Morgan fingerprint density at radius 2 is 1.52 bits per heavy atom. The van der Waals surface area contributed by atoms with Gasteiger partial charge in [-0.2, -0.15) is 0 Å². The Morgan fingerprint density at radius 1 is 0.913 bits per heavy atom. The van der Waals surface area contributed by atoms with Gasteiger partial charge in [-0.05, 0) is 11.1 Å². The molecule has 1 aliphatic rings. The molecule has 3 rings (SSSR count). The molecule has 2 aromatic rings. The molecule has 0 aromatic heterocycles. The molecule has 0 radical (unpaired) electrons. The van der Waals surface area contributed by atoms with Crippen molar-refractivity contribution in [3.8, 4) is 0 Å². The SMILES string of the molecule is O=C1NCCC(=O)N(Cc2ccccc2)[C@H]1Cc1ccccc1. The number of benzene rings is 2. The fraction of sp³-hybridized carbons (Fsp3) is 0.263. The Morgan fingerprint density at radius 3 is 2.17 bits per heavy atom. The molecular weight excluding hydrogens is 288 g/mol. The molecule has 2 aromatic carbocycles. The van der Waals surface area contributed by atoms with E-state index < -0.39 is 6.04 Å². The minimum absolute atomic E-state index is 0.0214. The Kier molecular flexibility index (Phi) is 4.71. The van der Waals surface area contributed by atoms with Crippen molar-refractivity contribution in [3.05, 3.63) is 71.8 Å². The standard InChI is InChI=1S/C19H20N2O2/c22-18-11-12-20-19(23)17(13-15-7-3-1-4-8-15)21(18)14-16-9-5-2-6-10-16/h1-10,17H,11-14H2,(H,20,23)/t17-/m0/s1. The van der Waals surface area contributed by atoms with E-state index in [2.05, 4.69) is 5.32 Å². The van der Waals surface area contributed by atoms with Crippen LogP contribution < -0.4 is 5.32 Å². The molecule has 0 saturated carbocycles. The van der Waals surface area contributed by atoms with Crippen LogP contribution in [-0.4, -0.2) is 29.3 Å². The summed E-state index contributed by atoms with van der Waals surface area (Å²) in [4.78, 5) is 26.7. The first-order valence-electron chi connectivity index (χ1n) is 7.89. The van der Waals surface area contributed by atoms with Crippen LogP contribution in [0.2, 0.25) is 0 Å². The zero-order valence-electron chi connectivity index (χ0n) is 12.9. The quantitative estimate of drug-likeness (QED) is 0.941. The summed E-state index contributed by atoms with van der Waals surface area (Å²) >= 11 is 0. The van der Waals surface area contributed by atoms with Crippen LogP contribution >= 0.6 is 0 Å². The monoisotopic (exact) mass is 308 g/mol. The van der Waals surface area contributed by atoms with Crippen LogP contribution in [0.5, 0.6) is 0 Å². The summed E-state index contributed by atoms with van der Waals surface area (Å²) in [5.41, 5.74) is 2.09. The van der Waals surface area contributed by atoms with Gasteiger partial charge in [0.15, 0.2) is 0 Å². The van der Waals surface area contributed by atoms with Crippen molar-refractivity contribution in [1.82, 2.24) is 10.2 Å². The first-order chi connectivity index (χ1) is 11.2. The van der Waals surface area contributed by atoms with Gasteiger partial charge in [0, 0.05) is 25.9 Å². The molecule has 118 valence electrons. The fourth-order valence-corrected chi connectivity index (χ4v) is 2.89. The van der Waals surface area contributed by atoms with Crippen molar-refractivity contribution in [2.75, 3.05) is 6.54 Å². The lowest BCUT2D eigenvalue weighted by atomic mass is 10.0. The minimum Gasteiger partial charge on any atom is -0.354 e. The maximum absolute atomic E-state index is 12.5. The average Bonchev–Trinajstić information content (AvgIpc) is 2.71. The lowest BCUT2D eigenvalue weighted by Gasteiger charge is -2.29. The van der Waals surface area contributed by atoms with E-state index in [0.29, 0.717) is 25.9 Å². The van der Waals surface area contributed by atoms with E-state index in [1.165, 1.54) is 0 Å². The molecule has 1 N–H and O–H groups in total. The topological polar surface area (TPSA) is 49.4 Å². The van der Waals surface area contributed by atoms with Gasteiger partial charge in [0.1, 0.15) is 6.04 Å². The maximum atomic E-state index is 12.5. The van der Waals surface area contributed by atoms with Crippen LogP contribution in [0, 0.1) is 0 Å². The number of nitrogens with one attached hydrogen (secondary N) is 1. The minimum atomic E-state index is -0.465. The molecule has 0 bridgehead atoms. The normalized spacial score (nSPS) is 18.4. The van der Waals surface area contributed by atoms with Crippen LogP contribution in [0.3, 0.4) is 0 Å². The molecule has 0 spiro atoms. The number of carbonyl (C=O) groups excluding carboxylic acids is 2. The largest absolute Gasteiger partial charge is 0.354 e. The highest BCUT2D eigenvalue weighted by Crippen LogP contribution is 2.17. The third-order valence-corrected chi connectivity index (χ3v) is 4.10. The Labute approximate surface area is 136 Å². The Hall–Kier alpha value is -2.62. The van der Waals surface area contributed by atoms with Crippen molar-refractivity contribution in [2.24, 2.45) is 0 Å². The average molecular weight is 308 g/mol. The van der Waals surface area contributed by atoms with Gasteiger partial charge in [0.05, 0.1) is 0 Å². The molecule has 1 atom stereocenters. The summed E-state index contributed by atoms with van der Waals surface area (Å²) in [6, 6.07) is 19.2. The highest BCUT2D eigenvalue weighted by molar-refractivity contribution is 5.90. The summed E-state index contributed by atoms with van der Waals surface area (Å²) in [5.74, 6) is -0.0521. The summed E-state index contributed by atoms with van der Waals surface area (Å²) in [6.45, 7) is 0.874. The third kappa shape index (κ3) is 3.77. The smallest absolute Gasteiger partial charge is 0.243 e. The van der Waals surface area contributed by atoms with Gasteiger partial charge >= 0.3 is 0 Å². The van der Waals surface area contributed by atoms with Gasteiger partial charge in [-0.1, -0.05) is 60.7 Å². The summed E-state index contributed by atoms with van der Waals surface area (Å²) in [6.07, 6.45) is 0.884. The summed E-state index contributed by atoms with van der Waals surface area (Å²) in [7, 11) is 0. The summed E-state index contributed by atoms with van der Waals surface area (Å²) in [5, 5.41) is 2.86. The third-order valence-electron chi connectivity index (χ3n) is 4.10. The van der Waals surface area contributed by atoms with E-state index in [-0.39, 0.29) is 11.8 Å². The molecule has 1 heterocycles. The van der Waals surface area contributed by atoms with E-state index in [1.807, 2.05) is 60.7 Å². The van der Waals surface area contributed by atoms with Crippen molar-refractivity contribution in [1.29, 1.82) is 0 Å². The lowest BCUT2D eigenvalue weighted by molar-refractivity contribution is -0.138. The lowest BCUT2D eigenvalue weighted by Crippen LogP contribution is -2.47. The number of hydrogen-bond donors (Lipinski definition) is 1. The molecular formula is C19H20N2O2. The molecule has 23 heavy (non-hydrogen) atoms. The predicted molar refractivity (Wildman–Crippen MR) is 88.6 cm³/mol. The highest BCUT2D eigenvalue weighted by atomic mass is 16.2. The molecule has 1 aliphatic heterocycles. The number of hydrogen-bond acceptors (Lipinski definition) is 2. The molecule has 4 nitrogen and oxygen atoms in total. The molecule has 1 fully saturated rings. The zero-order chi connectivity index (χ0) is 16.1. The van der Waals surface area contributed by atoms with Gasteiger partial charge in [-0.25, -0.2) is 0 Å². The molecule has 1 saturated heterocycles. The van der Waals surface area contributed by atoms with E-state index in [0.717, 1.165) is 11.1 Å². The van der Waals surface area contributed by atoms with Crippen LogP contribution in [0.4, 0.5) is 0 Å². The van der Waals surface area contributed by atoms with Gasteiger partial charge in [-0.3, -0.25) is 9.59 Å². The maximum Gasteiger partial charge on any atom is 0.243 e. The van der Waals surface area contributed by atoms with Crippen molar-refractivity contribution in [2.45, 2.75) is 25.4 Å². The van der Waals surface area contributed by atoms with Gasteiger partial charge in [0.2, 0.25) is 11.8 Å². The summed E-state index contributed by atoms with van der Waals surface area (Å²) < 4.78 is 0. The second-order valence-electron chi connectivity index (χ2n) is 5.75. The second-order valence-corrected chi connectivity index (χ2v) is 5.75. The van der Waals surface area contributed by atoms with Gasteiger partial charge < -0.3 is 10.2 Å². The van der Waals surface area contributed by atoms with Crippen molar-refractivity contribution < 1.29 is 9.59 Å². The van der Waals surface area contributed by atoms with Crippen LogP contribution in [0.1, 0.15) is 17.5 Å². The number of rotatable bonds is 4.